The van der Waals surface area contributed by atoms with Gasteiger partial charge in [0.15, 0.2) is 0 Å². The third kappa shape index (κ3) is 3.19. The smallest absolute Gasteiger partial charge is 0.0604 e. The maximum atomic E-state index is 6.01. The molecule has 1 aliphatic heterocycles. The minimum atomic E-state index is -0.0424. The van der Waals surface area contributed by atoms with E-state index in [0.717, 1.165) is 23.4 Å². The fourth-order valence-electron chi connectivity index (χ4n) is 1.49. The molecule has 1 heterocycles. The first-order chi connectivity index (χ1) is 7.16. The monoisotopic (exact) mass is 307 g/mol. The standard InChI is InChI=1S/C13H13ClN.Y/c1-9-3-5-11(6-4-9)13-8-7-12(14)10(2)15-13;/h3-6,12,15H,2,7H2,1H3;/q-1;. The second-order valence-electron chi connectivity index (χ2n) is 3.74. The number of nitrogens with one attached hydrogen (secondary N) is 1. The van der Waals surface area contributed by atoms with Crippen molar-refractivity contribution in [1.82, 2.24) is 5.32 Å². The summed E-state index contributed by atoms with van der Waals surface area (Å²) in [5.74, 6) is 0. The van der Waals surface area contributed by atoms with Crippen LogP contribution in [0.4, 0.5) is 0 Å². The molecule has 1 nitrogen and oxygen atoms in total. The van der Waals surface area contributed by atoms with E-state index < -0.39 is 0 Å². The van der Waals surface area contributed by atoms with Crippen molar-refractivity contribution in [3.05, 3.63) is 53.7 Å². The zero-order chi connectivity index (χ0) is 10.8. The summed E-state index contributed by atoms with van der Waals surface area (Å²) in [5.41, 5.74) is 4.22. The topological polar surface area (TPSA) is 12.0 Å². The summed E-state index contributed by atoms with van der Waals surface area (Å²) in [7, 11) is 0. The summed E-state index contributed by atoms with van der Waals surface area (Å²) in [6.07, 6.45) is 3.97. The van der Waals surface area contributed by atoms with Gasteiger partial charge in [0, 0.05) is 38.4 Å². The van der Waals surface area contributed by atoms with Gasteiger partial charge in [-0.25, -0.2) is 6.08 Å². The van der Waals surface area contributed by atoms with Gasteiger partial charge >= 0.3 is 0 Å². The molecule has 0 aliphatic carbocycles. The van der Waals surface area contributed by atoms with Crippen molar-refractivity contribution >= 4 is 17.3 Å². The zero-order valence-corrected chi connectivity index (χ0v) is 12.9. The molecule has 3 heteroatoms. The first-order valence-electron chi connectivity index (χ1n) is 4.94. The molecule has 0 saturated heterocycles. The Labute approximate surface area is 127 Å². The van der Waals surface area contributed by atoms with Gasteiger partial charge in [-0.3, -0.25) is 0 Å². The molecule has 1 unspecified atom stereocenters. The number of hydrogen-bond acceptors (Lipinski definition) is 1. The third-order valence-electron chi connectivity index (χ3n) is 2.46. The van der Waals surface area contributed by atoms with Crippen LogP contribution in [0.15, 0.2) is 36.5 Å². The SMILES string of the molecule is C=C1NC(c2ccc(C)cc2)=[C-]CC1Cl.[Y]. The predicted molar refractivity (Wildman–Crippen MR) is 64.4 cm³/mol. The Bertz CT molecular complexity index is 408. The normalized spacial score (nSPS) is 19.5. The van der Waals surface area contributed by atoms with Crippen LogP contribution < -0.4 is 5.32 Å². The summed E-state index contributed by atoms with van der Waals surface area (Å²) in [6.45, 7) is 5.96. The Balaban J connectivity index is 0.00000128. The van der Waals surface area contributed by atoms with Crippen LogP contribution in [0.2, 0.25) is 0 Å². The summed E-state index contributed by atoms with van der Waals surface area (Å²) in [6, 6.07) is 8.32. The van der Waals surface area contributed by atoms with Gasteiger partial charge in [-0.15, -0.1) is 29.4 Å². The molecule has 0 aromatic heterocycles. The van der Waals surface area contributed by atoms with E-state index >= 15 is 0 Å². The van der Waals surface area contributed by atoms with Gasteiger partial charge in [-0.1, -0.05) is 30.7 Å². The quantitative estimate of drug-likeness (QED) is 0.620. The number of alkyl halides is 1. The average molecular weight is 308 g/mol. The van der Waals surface area contributed by atoms with Gasteiger partial charge in [0.05, 0.1) is 5.38 Å². The fraction of sp³-hybridized carbons (Fsp3) is 0.231. The maximum Gasteiger partial charge on any atom is 0.0604 e. The molecule has 1 aliphatic rings. The average Bonchev–Trinajstić information content (AvgIpc) is 2.23. The molecule has 1 aromatic carbocycles. The van der Waals surface area contributed by atoms with Crippen molar-refractivity contribution in [2.75, 3.05) is 0 Å². The fourth-order valence-corrected chi connectivity index (χ4v) is 1.62. The van der Waals surface area contributed by atoms with E-state index in [1.54, 1.807) is 0 Å². The van der Waals surface area contributed by atoms with Crippen LogP contribution >= 0.6 is 11.6 Å². The van der Waals surface area contributed by atoms with Crippen molar-refractivity contribution in [1.29, 1.82) is 0 Å². The Kier molecular flexibility index (Phi) is 5.23. The van der Waals surface area contributed by atoms with Gasteiger partial charge in [0.25, 0.3) is 0 Å². The van der Waals surface area contributed by atoms with Gasteiger partial charge < -0.3 is 5.32 Å². The van der Waals surface area contributed by atoms with E-state index in [1.165, 1.54) is 5.56 Å². The van der Waals surface area contributed by atoms with Crippen LogP contribution in [-0.4, -0.2) is 5.38 Å². The van der Waals surface area contributed by atoms with Crippen molar-refractivity contribution in [3.63, 3.8) is 0 Å². The molecule has 0 amide bonds. The second-order valence-corrected chi connectivity index (χ2v) is 4.27. The molecule has 1 atom stereocenters. The summed E-state index contributed by atoms with van der Waals surface area (Å²) in [4.78, 5) is 0. The van der Waals surface area contributed by atoms with Gasteiger partial charge in [-0.2, -0.15) is 5.56 Å². The van der Waals surface area contributed by atoms with E-state index in [2.05, 4.69) is 49.2 Å². The predicted octanol–water partition coefficient (Wildman–Crippen LogP) is 3.25. The number of rotatable bonds is 1. The summed E-state index contributed by atoms with van der Waals surface area (Å²) < 4.78 is 0. The van der Waals surface area contributed by atoms with Gasteiger partial charge in [0.2, 0.25) is 0 Å². The van der Waals surface area contributed by atoms with E-state index in [1.807, 2.05) is 0 Å². The van der Waals surface area contributed by atoms with Crippen molar-refractivity contribution in [2.45, 2.75) is 18.7 Å². The van der Waals surface area contributed by atoms with Crippen molar-refractivity contribution < 1.29 is 32.7 Å². The number of allylic oxidation sites excluding steroid dienone is 2. The van der Waals surface area contributed by atoms with Crippen LogP contribution in [0.3, 0.4) is 0 Å². The van der Waals surface area contributed by atoms with Crippen LogP contribution in [0.1, 0.15) is 17.5 Å². The second kappa shape index (κ2) is 6.00. The van der Waals surface area contributed by atoms with Crippen LogP contribution in [-0.2, 0) is 32.7 Å². The van der Waals surface area contributed by atoms with Crippen molar-refractivity contribution in [3.8, 4) is 0 Å². The summed E-state index contributed by atoms with van der Waals surface area (Å²) >= 11 is 6.01. The minimum absolute atomic E-state index is 0. The van der Waals surface area contributed by atoms with E-state index in [0.29, 0.717) is 0 Å². The minimum Gasteiger partial charge on any atom is -0.392 e. The third-order valence-corrected chi connectivity index (χ3v) is 2.88. The molecule has 1 aromatic rings. The van der Waals surface area contributed by atoms with Gasteiger partial charge in [0.1, 0.15) is 0 Å². The molecule has 2 rings (SSSR count). The van der Waals surface area contributed by atoms with Crippen LogP contribution in [0, 0.1) is 13.0 Å². The Morgan fingerprint density at radius 1 is 1.38 bits per heavy atom. The molecular formula is C13H13ClNY-. The van der Waals surface area contributed by atoms with Gasteiger partial charge in [-0.05, 0) is 6.92 Å². The largest absolute Gasteiger partial charge is 0.392 e. The number of hydrogen-bond donors (Lipinski definition) is 1. The Morgan fingerprint density at radius 3 is 2.56 bits per heavy atom. The maximum absolute atomic E-state index is 6.01. The van der Waals surface area contributed by atoms with E-state index in [4.69, 9.17) is 11.6 Å². The summed E-state index contributed by atoms with van der Waals surface area (Å²) in [5, 5.41) is 3.14. The number of aryl methyl sites for hydroxylation is 1. The Morgan fingerprint density at radius 2 is 2.00 bits per heavy atom. The number of halogens is 1. The number of benzene rings is 1. The van der Waals surface area contributed by atoms with Crippen molar-refractivity contribution in [2.24, 2.45) is 0 Å². The molecule has 0 bridgehead atoms. The first-order valence-corrected chi connectivity index (χ1v) is 5.38. The van der Waals surface area contributed by atoms with Crippen LogP contribution in [0.25, 0.3) is 5.70 Å². The van der Waals surface area contributed by atoms with E-state index in [9.17, 15) is 0 Å². The Hall–Kier alpha value is -0.106. The van der Waals surface area contributed by atoms with Crippen LogP contribution in [0.5, 0.6) is 0 Å². The molecule has 0 fully saturated rings. The molecule has 81 valence electrons. The molecular weight excluding hydrogens is 295 g/mol. The first kappa shape index (κ1) is 14.0. The zero-order valence-electron chi connectivity index (χ0n) is 9.26. The molecule has 0 saturated carbocycles. The molecule has 1 N–H and O–H groups in total. The molecule has 0 spiro atoms. The molecule has 1 radical (unpaired) electrons. The molecule has 16 heavy (non-hydrogen) atoms. The van der Waals surface area contributed by atoms with E-state index in [-0.39, 0.29) is 38.1 Å².